The third-order valence-corrected chi connectivity index (χ3v) is 4.33. The van der Waals surface area contributed by atoms with Gasteiger partial charge >= 0.3 is 12.0 Å². The normalized spacial score (nSPS) is 29.7. The lowest BCUT2D eigenvalue weighted by Crippen LogP contribution is -2.49. The molecular formula is C15H24N2O3. The highest BCUT2D eigenvalue weighted by molar-refractivity contribution is 5.76. The van der Waals surface area contributed by atoms with Gasteiger partial charge in [0, 0.05) is 12.6 Å². The highest BCUT2D eigenvalue weighted by Gasteiger charge is 2.31. The fourth-order valence-corrected chi connectivity index (χ4v) is 3.10. The number of urea groups is 1. The van der Waals surface area contributed by atoms with Crippen LogP contribution in [0, 0.1) is 11.8 Å². The molecule has 1 saturated carbocycles. The number of amides is 2. The summed E-state index contributed by atoms with van der Waals surface area (Å²) >= 11 is 0. The third kappa shape index (κ3) is 4.25. The van der Waals surface area contributed by atoms with E-state index in [4.69, 9.17) is 0 Å². The van der Waals surface area contributed by atoms with Crippen molar-refractivity contribution in [2.75, 3.05) is 6.54 Å². The zero-order chi connectivity index (χ0) is 14.4. The zero-order valence-electron chi connectivity index (χ0n) is 11.8. The number of allylic oxidation sites excluding steroid dienone is 2. The van der Waals surface area contributed by atoms with Crippen molar-refractivity contribution in [3.8, 4) is 0 Å². The molecule has 3 atom stereocenters. The lowest BCUT2D eigenvalue weighted by atomic mass is 9.84. The van der Waals surface area contributed by atoms with Crippen LogP contribution >= 0.6 is 0 Å². The molecule has 0 aliphatic heterocycles. The van der Waals surface area contributed by atoms with E-state index >= 15 is 0 Å². The zero-order valence-corrected chi connectivity index (χ0v) is 11.8. The number of carbonyl (C=O) groups is 2. The number of carboxylic acids is 1. The van der Waals surface area contributed by atoms with Gasteiger partial charge in [0.1, 0.15) is 0 Å². The van der Waals surface area contributed by atoms with E-state index in [9.17, 15) is 14.7 Å². The van der Waals surface area contributed by atoms with Gasteiger partial charge in [-0.1, -0.05) is 25.0 Å². The topological polar surface area (TPSA) is 78.4 Å². The van der Waals surface area contributed by atoms with E-state index < -0.39 is 11.9 Å². The number of rotatable bonds is 4. The molecule has 2 amide bonds. The summed E-state index contributed by atoms with van der Waals surface area (Å²) in [6.45, 7) is 0.667. The van der Waals surface area contributed by atoms with Gasteiger partial charge in [0.05, 0.1) is 5.92 Å². The summed E-state index contributed by atoms with van der Waals surface area (Å²) in [6.07, 6.45) is 10.9. The van der Waals surface area contributed by atoms with Crippen molar-refractivity contribution in [1.82, 2.24) is 10.6 Å². The monoisotopic (exact) mass is 280 g/mol. The van der Waals surface area contributed by atoms with E-state index in [0.29, 0.717) is 18.9 Å². The Balaban J connectivity index is 1.75. The maximum atomic E-state index is 11.9. The highest BCUT2D eigenvalue weighted by Crippen LogP contribution is 2.24. The van der Waals surface area contributed by atoms with E-state index in [2.05, 4.69) is 22.8 Å². The van der Waals surface area contributed by atoms with Gasteiger partial charge in [0.15, 0.2) is 0 Å². The van der Waals surface area contributed by atoms with Crippen molar-refractivity contribution >= 4 is 12.0 Å². The largest absolute Gasteiger partial charge is 0.481 e. The van der Waals surface area contributed by atoms with Gasteiger partial charge in [0.2, 0.25) is 0 Å². The van der Waals surface area contributed by atoms with Crippen LogP contribution in [-0.2, 0) is 4.79 Å². The van der Waals surface area contributed by atoms with Crippen molar-refractivity contribution in [3.05, 3.63) is 12.2 Å². The fourth-order valence-electron chi connectivity index (χ4n) is 3.10. The second-order valence-corrected chi connectivity index (χ2v) is 5.84. The molecule has 0 aromatic carbocycles. The number of hydrogen-bond donors (Lipinski definition) is 3. The highest BCUT2D eigenvalue weighted by atomic mass is 16.4. The maximum Gasteiger partial charge on any atom is 0.315 e. The SMILES string of the molecule is O=C(NCC1CC=CCC1)NC1CCCCC1C(=O)O. The minimum absolute atomic E-state index is 0.224. The standard InChI is InChI=1S/C15H24N2O3/c18-14(19)12-8-4-5-9-13(12)17-15(20)16-10-11-6-2-1-3-7-11/h1-2,11-13H,3-10H2,(H,18,19)(H2,16,17,20). The lowest BCUT2D eigenvalue weighted by Gasteiger charge is -2.29. The average molecular weight is 280 g/mol. The van der Waals surface area contributed by atoms with Crippen LogP contribution in [0.4, 0.5) is 4.79 Å². The van der Waals surface area contributed by atoms with Crippen LogP contribution in [0.1, 0.15) is 44.9 Å². The summed E-state index contributed by atoms with van der Waals surface area (Å²) in [5.41, 5.74) is 0. The first-order valence-electron chi connectivity index (χ1n) is 7.59. The van der Waals surface area contributed by atoms with Crippen molar-refractivity contribution in [2.45, 2.75) is 51.0 Å². The van der Waals surface area contributed by atoms with Crippen LogP contribution in [0.2, 0.25) is 0 Å². The number of carbonyl (C=O) groups excluding carboxylic acids is 1. The van der Waals surface area contributed by atoms with Crippen molar-refractivity contribution < 1.29 is 14.7 Å². The van der Waals surface area contributed by atoms with Crippen LogP contribution in [0.3, 0.4) is 0 Å². The molecule has 2 rings (SSSR count). The Hall–Kier alpha value is -1.52. The average Bonchev–Trinajstić information content (AvgIpc) is 2.46. The molecule has 0 heterocycles. The fraction of sp³-hybridized carbons (Fsp3) is 0.733. The Morgan fingerprint density at radius 1 is 1.15 bits per heavy atom. The molecular weight excluding hydrogens is 256 g/mol. The van der Waals surface area contributed by atoms with Crippen LogP contribution in [0.25, 0.3) is 0 Å². The molecule has 0 radical (unpaired) electrons. The molecule has 3 unspecified atom stereocenters. The molecule has 3 N–H and O–H groups in total. The first kappa shape index (κ1) is 14.9. The molecule has 0 aromatic heterocycles. The van der Waals surface area contributed by atoms with Crippen molar-refractivity contribution in [1.29, 1.82) is 0 Å². The Bertz CT molecular complexity index is 381. The second kappa shape index (κ2) is 7.31. The summed E-state index contributed by atoms with van der Waals surface area (Å²) in [4.78, 5) is 23.1. The maximum absolute atomic E-state index is 11.9. The predicted molar refractivity (Wildman–Crippen MR) is 76.4 cm³/mol. The first-order chi connectivity index (χ1) is 9.66. The minimum Gasteiger partial charge on any atom is -0.481 e. The summed E-state index contributed by atoms with van der Waals surface area (Å²) in [5.74, 6) is -0.730. The Kier molecular flexibility index (Phi) is 5.44. The molecule has 0 bridgehead atoms. The molecule has 0 spiro atoms. The van der Waals surface area contributed by atoms with Crippen LogP contribution in [-0.4, -0.2) is 29.7 Å². The van der Waals surface area contributed by atoms with Crippen LogP contribution in [0.5, 0.6) is 0 Å². The molecule has 5 heteroatoms. The Labute approximate surface area is 119 Å². The van der Waals surface area contributed by atoms with E-state index in [1.54, 1.807) is 0 Å². The molecule has 0 saturated heterocycles. The van der Waals surface area contributed by atoms with E-state index in [0.717, 1.165) is 38.5 Å². The van der Waals surface area contributed by atoms with Crippen molar-refractivity contribution in [3.63, 3.8) is 0 Å². The second-order valence-electron chi connectivity index (χ2n) is 5.84. The molecule has 5 nitrogen and oxygen atoms in total. The lowest BCUT2D eigenvalue weighted by molar-refractivity contribution is -0.143. The number of hydrogen-bond acceptors (Lipinski definition) is 2. The summed E-state index contributed by atoms with van der Waals surface area (Å²) < 4.78 is 0. The van der Waals surface area contributed by atoms with E-state index in [1.165, 1.54) is 0 Å². The van der Waals surface area contributed by atoms with Crippen molar-refractivity contribution in [2.24, 2.45) is 11.8 Å². The van der Waals surface area contributed by atoms with E-state index in [1.807, 2.05) is 0 Å². The van der Waals surface area contributed by atoms with Crippen LogP contribution < -0.4 is 10.6 Å². The molecule has 2 aliphatic rings. The minimum atomic E-state index is -0.799. The number of aliphatic carboxylic acids is 1. The van der Waals surface area contributed by atoms with Gasteiger partial charge in [-0.3, -0.25) is 4.79 Å². The van der Waals surface area contributed by atoms with Gasteiger partial charge in [-0.15, -0.1) is 0 Å². The Morgan fingerprint density at radius 2 is 1.95 bits per heavy atom. The number of nitrogens with one attached hydrogen (secondary N) is 2. The van der Waals surface area contributed by atoms with E-state index in [-0.39, 0.29) is 12.1 Å². The molecule has 0 aromatic rings. The summed E-state index contributed by atoms with van der Waals surface area (Å²) in [7, 11) is 0. The Morgan fingerprint density at radius 3 is 2.65 bits per heavy atom. The molecule has 1 fully saturated rings. The quantitative estimate of drug-likeness (QED) is 0.691. The molecule has 112 valence electrons. The summed E-state index contributed by atoms with van der Waals surface area (Å²) in [5, 5.41) is 14.9. The van der Waals surface area contributed by atoms with Gasteiger partial charge in [0.25, 0.3) is 0 Å². The van der Waals surface area contributed by atoms with Gasteiger partial charge in [-0.25, -0.2) is 4.79 Å². The number of carboxylic acid groups (broad SMARTS) is 1. The third-order valence-electron chi connectivity index (χ3n) is 4.33. The predicted octanol–water partition coefficient (Wildman–Crippen LogP) is 2.29. The van der Waals surface area contributed by atoms with Gasteiger partial charge in [-0.05, 0) is 38.0 Å². The smallest absolute Gasteiger partial charge is 0.315 e. The van der Waals surface area contributed by atoms with Gasteiger partial charge in [-0.2, -0.15) is 0 Å². The van der Waals surface area contributed by atoms with Gasteiger partial charge < -0.3 is 15.7 Å². The summed E-state index contributed by atoms with van der Waals surface area (Å²) in [6, 6.07) is -0.454. The van der Waals surface area contributed by atoms with Crippen LogP contribution in [0.15, 0.2) is 12.2 Å². The molecule has 2 aliphatic carbocycles. The first-order valence-corrected chi connectivity index (χ1v) is 7.59. The molecule has 20 heavy (non-hydrogen) atoms.